The van der Waals surface area contributed by atoms with E-state index in [1.165, 1.54) is 0 Å². The zero-order valence-corrected chi connectivity index (χ0v) is 8.01. The summed E-state index contributed by atoms with van der Waals surface area (Å²) in [6.07, 6.45) is 6.52. The maximum atomic E-state index is 5.46. The van der Waals surface area contributed by atoms with Gasteiger partial charge in [0, 0.05) is 25.7 Å². The first-order chi connectivity index (χ1) is 5.79. The Balaban J connectivity index is 2.53. The van der Waals surface area contributed by atoms with Gasteiger partial charge in [0.15, 0.2) is 0 Å². The summed E-state index contributed by atoms with van der Waals surface area (Å²) < 4.78 is 0. The molecule has 0 aliphatic carbocycles. The molecule has 0 aromatic heterocycles. The molecule has 1 fully saturated rings. The van der Waals surface area contributed by atoms with Gasteiger partial charge in [-0.25, -0.2) is 0 Å². The first kappa shape index (κ1) is 9.57. The fourth-order valence-corrected chi connectivity index (χ4v) is 1.77. The Morgan fingerprint density at radius 2 is 2.50 bits per heavy atom. The lowest BCUT2D eigenvalue weighted by atomic mass is 10.1. The summed E-state index contributed by atoms with van der Waals surface area (Å²) in [4.78, 5) is 2.41. The Bertz CT molecular complexity index is 171. The first-order valence-corrected chi connectivity index (χ1v) is 4.72. The average molecular weight is 166 g/mol. The third-order valence-corrected chi connectivity index (χ3v) is 2.53. The van der Waals surface area contributed by atoms with E-state index in [-0.39, 0.29) is 0 Å². The van der Waals surface area contributed by atoms with Gasteiger partial charge in [-0.15, -0.1) is 6.42 Å². The summed E-state index contributed by atoms with van der Waals surface area (Å²) in [5, 5.41) is 3.36. The molecular formula is C10H18N2. The molecule has 0 radical (unpaired) electrons. The average Bonchev–Trinajstić information content (AvgIpc) is 2.10. The van der Waals surface area contributed by atoms with Crippen molar-refractivity contribution in [1.29, 1.82) is 0 Å². The Labute approximate surface area is 75.3 Å². The number of piperazine rings is 1. The highest BCUT2D eigenvalue weighted by Crippen LogP contribution is 2.09. The van der Waals surface area contributed by atoms with Crippen molar-refractivity contribution in [3.63, 3.8) is 0 Å². The lowest BCUT2D eigenvalue weighted by Crippen LogP contribution is -2.53. The van der Waals surface area contributed by atoms with Gasteiger partial charge in [0.25, 0.3) is 0 Å². The van der Waals surface area contributed by atoms with E-state index in [4.69, 9.17) is 6.42 Å². The molecule has 0 aromatic rings. The molecule has 2 atom stereocenters. The zero-order chi connectivity index (χ0) is 8.97. The predicted octanol–water partition coefficient (Wildman–Crippen LogP) is 0.692. The molecule has 0 spiro atoms. The normalized spacial score (nSPS) is 27.9. The predicted molar refractivity (Wildman–Crippen MR) is 51.9 cm³/mol. The van der Waals surface area contributed by atoms with E-state index < -0.39 is 0 Å². The van der Waals surface area contributed by atoms with Crippen molar-refractivity contribution in [2.75, 3.05) is 19.6 Å². The van der Waals surface area contributed by atoms with Crippen LogP contribution in [-0.2, 0) is 0 Å². The highest BCUT2D eigenvalue weighted by molar-refractivity contribution is 5.01. The van der Waals surface area contributed by atoms with Crippen LogP contribution in [0.3, 0.4) is 0 Å². The molecule has 68 valence electrons. The molecule has 0 bridgehead atoms. The van der Waals surface area contributed by atoms with Crippen LogP contribution < -0.4 is 5.32 Å². The molecule has 12 heavy (non-hydrogen) atoms. The monoisotopic (exact) mass is 166 g/mol. The zero-order valence-electron chi connectivity index (χ0n) is 8.01. The van der Waals surface area contributed by atoms with E-state index in [1.54, 1.807) is 0 Å². The van der Waals surface area contributed by atoms with Crippen LogP contribution in [0, 0.1) is 12.3 Å². The number of rotatable bonds is 2. The van der Waals surface area contributed by atoms with E-state index >= 15 is 0 Å². The van der Waals surface area contributed by atoms with Gasteiger partial charge in [-0.05, 0) is 13.3 Å². The fraction of sp³-hybridized carbons (Fsp3) is 0.800. The van der Waals surface area contributed by atoms with Gasteiger partial charge in [-0.1, -0.05) is 12.8 Å². The summed E-state index contributed by atoms with van der Waals surface area (Å²) in [5.41, 5.74) is 0. The molecule has 1 N–H and O–H groups in total. The topological polar surface area (TPSA) is 15.3 Å². The standard InChI is InChI=1S/C10H18N2/c1-4-10(5-2)12-7-6-11-8-9(12)3/h1,9-11H,5-8H2,2-3H3. The molecule has 1 saturated heterocycles. The van der Waals surface area contributed by atoms with Crippen LogP contribution in [0.1, 0.15) is 20.3 Å². The molecule has 0 saturated carbocycles. The van der Waals surface area contributed by atoms with E-state index in [9.17, 15) is 0 Å². The van der Waals surface area contributed by atoms with Gasteiger partial charge in [0.2, 0.25) is 0 Å². The summed E-state index contributed by atoms with van der Waals surface area (Å²) in [5.74, 6) is 2.85. The number of nitrogens with one attached hydrogen (secondary N) is 1. The van der Waals surface area contributed by atoms with Crippen LogP contribution in [0.15, 0.2) is 0 Å². The van der Waals surface area contributed by atoms with Crippen molar-refractivity contribution < 1.29 is 0 Å². The number of hydrogen-bond acceptors (Lipinski definition) is 2. The SMILES string of the molecule is C#CC(CC)N1CCNCC1C. The second kappa shape index (κ2) is 4.49. The minimum absolute atomic E-state index is 0.335. The Morgan fingerprint density at radius 1 is 1.75 bits per heavy atom. The van der Waals surface area contributed by atoms with Crippen LogP contribution in [0.2, 0.25) is 0 Å². The van der Waals surface area contributed by atoms with Gasteiger partial charge in [-0.3, -0.25) is 4.90 Å². The van der Waals surface area contributed by atoms with Gasteiger partial charge >= 0.3 is 0 Å². The fourth-order valence-electron chi connectivity index (χ4n) is 1.77. The van der Waals surface area contributed by atoms with Crippen LogP contribution >= 0.6 is 0 Å². The Kier molecular flexibility index (Phi) is 3.58. The molecule has 1 aliphatic rings. The lowest BCUT2D eigenvalue weighted by Gasteiger charge is -2.37. The summed E-state index contributed by atoms with van der Waals surface area (Å²) in [7, 11) is 0. The van der Waals surface area contributed by atoms with Crippen molar-refractivity contribution in [3.8, 4) is 12.3 Å². The van der Waals surface area contributed by atoms with Gasteiger partial charge in [0.1, 0.15) is 0 Å². The highest BCUT2D eigenvalue weighted by Gasteiger charge is 2.22. The third kappa shape index (κ3) is 2.00. The van der Waals surface area contributed by atoms with Crippen LogP contribution in [0.25, 0.3) is 0 Å². The quantitative estimate of drug-likeness (QED) is 0.607. The van der Waals surface area contributed by atoms with Gasteiger partial charge in [-0.2, -0.15) is 0 Å². The van der Waals surface area contributed by atoms with Crippen LogP contribution in [-0.4, -0.2) is 36.6 Å². The minimum Gasteiger partial charge on any atom is -0.314 e. The third-order valence-electron chi connectivity index (χ3n) is 2.53. The van der Waals surface area contributed by atoms with E-state index in [0.29, 0.717) is 12.1 Å². The number of nitrogens with zero attached hydrogens (tertiary/aromatic N) is 1. The second-order valence-corrected chi connectivity index (χ2v) is 3.38. The number of hydrogen-bond donors (Lipinski definition) is 1. The van der Waals surface area contributed by atoms with Crippen molar-refractivity contribution >= 4 is 0 Å². The van der Waals surface area contributed by atoms with Crippen LogP contribution in [0.5, 0.6) is 0 Å². The maximum Gasteiger partial charge on any atom is 0.0712 e. The minimum atomic E-state index is 0.335. The molecule has 2 unspecified atom stereocenters. The van der Waals surface area contributed by atoms with Crippen molar-refractivity contribution in [1.82, 2.24) is 10.2 Å². The number of terminal acetylenes is 1. The Morgan fingerprint density at radius 3 is 3.00 bits per heavy atom. The van der Waals surface area contributed by atoms with Crippen molar-refractivity contribution in [2.45, 2.75) is 32.4 Å². The highest BCUT2D eigenvalue weighted by atomic mass is 15.2. The molecule has 0 amide bonds. The maximum absolute atomic E-state index is 5.46. The van der Waals surface area contributed by atoms with E-state index in [1.807, 2.05) is 0 Å². The van der Waals surface area contributed by atoms with E-state index in [2.05, 4.69) is 30.0 Å². The van der Waals surface area contributed by atoms with Crippen molar-refractivity contribution in [3.05, 3.63) is 0 Å². The molecule has 1 heterocycles. The Hall–Kier alpha value is -0.520. The lowest BCUT2D eigenvalue weighted by molar-refractivity contribution is 0.142. The van der Waals surface area contributed by atoms with Gasteiger partial charge in [0.05, 0.1) is 6.04 Å². The summed E-state index contributed by atoms with van der Waals surface area (Å²) in [6, 6.07) is 0.918. The van der Waals surface area contributed by atoms with Crippen molar-refractivity contribution in [2.24, 2.45) is 0 Å². The molecule has 1 rings (SSSR count). The summed E-state index contributed by atoms with van der Waals surface area (Å²) >= 11 is 0. The largest absolute Gasteiger partial charge is 0.314 e. The van der Waals surface area contributed by atoms with E-state index in [0.717, 1.165) is 26.1 Å². The van der Waals surface area contributed by atoms with Gasteiger partial charge < -0.3 is 5.32 Å². The van der Waals surface area contributed by atoms with Crippen LogP contribution in [0.4, 0.5) is 0 Å². The molecule has 2 heteroatoms. The second-order valence-electron chi connectivity index (χ2n) is 3.38. The molecule has 0 aromatic carbocycles. The molecule has 2 nitrogen and oxygen atoms in total. The smallest absolute Gasteiger partial charge is 0.0712 e. The molecular weight excluding hydrogens is 148 g/mol. The summed E-state index contributed by atoms with van der Waals surface area (Å²) in [6.45, 7) is 7.61. The molecule has 1 aliphatic heterocycles. The first-order valence-electron chi connectivity index (χ1n) is 4.72.